The summed E-state index contributed by atoms with van der Waals surface area (Å²) in [4.78, 5) is 7.14. The van der Waals surface area contributed by atoms with E-state index in [4.69, 9.17) is 19.2 Å². The molecule has 0 radical (unpaired) electrons. The van der Waals surface area contributed by atoms with Crippen molar-refractivity contribution in [2.75, 3.05) is 59.7 Å². The van der Waals surface area contributed by atoms with Gasteiger partial charge in [0.2, 0.25) is 0 Å². The van der Waals surface area contributed by atoms with Gasteiger partial charge in [0.25, 0.3) is 0 Å². The average Bonchev–Trinajstić information content (AvgIpc) is 2.69. The number of benzene rings is 1. The Morgan fingerprint density at radius 3 is 2.82 bits per heavy atom. The summed E-state index contributed by atoms with van der Waals surface area (Å²) in [6.45, 7) is 10.4. The highest BCUT2D eigenvalue weighted by atomic mass is 127. The number of halogens is 1. The van der Waals surface area contributed by atoms with Crippen LogP contribution in [0.1, 0.15) is 37.0 Å². The Morgan fingerprint density at radius 2 is 2.07 bits per heavy atom. The first-order valence-electron chi connectivity index (χ1n) is 10.0. The van der Waals surface area contributed by atoms with E-state index in [-0.39, 0.29) is 30.1 Å². The van der Waals surface area contributed by atoms with E-state index in [2.05, 4.69) is 48.3 Å². The summed E-state index contributed by atoms with van der Waals surface area (Å²) in [6.07, 6.45) is 2.13. The fraction of sp³-hybridized carbons (Fsp3) is 0.667. The molecule has 1 aromatic rings. The maximum atomic E-state index is 6.04. The molecule has 1 unspecified atom stereocenters. The van der Waals surface area contributed by atoms with Crippen LogP contribution in [0.2, 0.25) is 0 Å². The van der Waals surface area contributed by atoms with E-state index >= 15 is 0 Å². The first-order valence-corrected chi connectivity index (χ1v) is 10.0. The predicted molar refractivity (Wildman–Crippen MR) is 125 cm³/mol. The van der Waals surface area contributed by atoms with Crippen LogP contribution in [-0.2, 0) is 14.2 Å². The Balaban J connectivity index is 0.00000392. The molecule has 0 amide bonds. The summed E-state index contributed by atoms with van der Waals surface area (Å²) in [5.41, 5.74) is 2.55. The highest BCUT2D eigenvalue weighted by Crippen LogP contribution is 2.24. The number of nitrogens with one attached hydrogen (secondary N) is 1. The Kier molecular flexibility index (Phi) is 13.5. The third-order valence-corrected chi connectivity index (χ3v) is 4.63. The smallest absolute Gasteiger partial charge is 0.194 e. The summed E-state index contributed by atoms with van der Waals surface area (Å²) >= 11 is 0. The number of nitrogens with zero attached hydrogens (tertiary/aromatic N) is 2. The lowest BCUT2D eigenvalue weighted by molar-refractivity contribution is -0.00833. The third-order valence-electron chi connectivity index (χ3n) is 4.63. The number of methoxy groups -OCH3 is 1. The van der Waals surface area contributed by atoms with Gasteiger partial charge in [-0.1, -0.05) is 24.3 Å². The number of aryl methyl sites for hydroxylation is 1. The summed E-state index contributed by atoms with van der Waals surface area (Å²) in [5, 5.41) is 3.43. The molecule has 1 heterocycles. The summed E-state index contributed by atoms with van der Waals surface area (Å²) < 4.78 is 16.5. The third kappa shape index (κ3) is 8.63. The van der Waals surface area contributed by atoms with Crippen LogP contribution in [0.15, 0.2) is 29.3 Å². The normalized spacial score (nSPS) is 17.3. The van der Waals surface area contributed by atoms with Crippen LogP contribution in [0.4, 0.5) is 0 Å². The van der Waals surface area contributed by atoms with Crippen molar-refractivity contribution < 1.29 is 14.2 Å². The summed E-state index contributed by atoms with van der Waals surface area (Å²) in [7, 11) is 1.69. The lowest BCUT2D eigenvalue weighted by atomic mass is 10.0. The number of unbranched alkanes of at least 4 members (excludes halogenated alkanes) is 1. The quantitative estimate of drug-likeness (QED) is 0.229. The standard InChI is InChI=1S/C21H35N3O3.HI/c1-4-22-21(23-11-7-8-13-26-16-15-25-3)24-12-14-27-20(17-24)19-10-6-5-9-18(19)2;/h5-6,9-10,20H,4,7-8,11-17H2,1-3H3,(H,22,23);1H. The second-order valence-corrected chi connectivity index (χ2v) is 6.71. The minimum Gasteiger partial charge on any atom is -0.382 e. The first kappa shape index (κ1) is 25.1. The Bertz CT molecular complexity index is 572. The fourth-order valence-corrected chi connectivity index (χ4v) is 3.15. The minimum atomic E-state index is 0. The van der Waals surface area contributed by atoms with Gasteiger partial charge >= 0.3 is 0 Å². The van der Waals surface area contributed by atoms with Gasteiger partial charge in [0, 0.05) is 33.4 Å². The van der Waals surface area contributed by atoms with Crippen molar-refractivity contribution in [1.82, 2.24) is 10.2 Å². The average molecular weight is 505 g/mol. The van der Waals surface area contributed by atoms with Gasteiger partial charge in [0.1, 0.15) is 6.10 Å². The van der Waals surface area contributed by atoms with E-state index in [1.165, 1.54) is 11.1 Å². The zero-order valence-corrected chi connectivity index (χ0v) is 19.8. The topological polar surface area (TPSA) is 55.3 Å². The number of ether oxygens (including phenoxy) is 3. The van der Waals surface area contributed by atoms with E-state index in [9.17, 15) is 0 Å². The van der Waals surface area contributed by atoms with Crippen molar-refractivity contribution in [3.63, 3.8) is 0 Å². The van der Waals surface area contributed by atoms with E-state index in [1.54, 1.807) is 7.11 Å². The Morgan fingerprint density at radius 1 is 1.25 bits per heavy atom. The van der Waals surface area contributed by atoms with Gasteiger partial charge in [0.15, 0.2) is 5.96 Å². The first-order chi connectivity index (χ1) is 13.3. The van der Waals surface area contributed by atoms with E-state index in [0.717, 1.165) is 58.2 Å². The van der Waals surface area contributed by atoms with Gasteiger partial charge in [-0.25, -0.2) is 0 Å². The van der Waals surface area contributed by atoms with Gasteiger partial charge in [-0.15, -0.1) is 24.0 Å². The molecule has 0 aliphatic carbocycles. The Labute approximate surface area is 187 Å². The highest BCUT2D eigenvalue weighted by Gasteiger charge is 2.24. The fourth-order valence-electron chi connectivity index (χ4n) is 3.15. The SMILES string of the molecule is CCNC(=NCCCCOCCOC)N1CCOC(c2ccccc2C)C1.I. The molecule has 0 aromatic heterocycles. The summed E-state index contributed by atoms with van der Waals surface area (Å²) in [6, 6.07) is 8.46. The number of hydrogen-bond acceptors (Lipinski definition) is 4. The lowest BCUT2D eigenvalue weighted by Gasteiger charge is -2.35. The van der Waals surface area contributed by atoms with Crippen molar-refractivity contribution in [3.8, 4) is 0 Å². The molecule has 1 aliphatic heterocycles. The van der Waals surface area contributed by atoms with Gasteiger partial charge in [-0.05, 0) is 37.8 Å². The molecule has 1 aliphatic rings. The predicted octanol–water partition coefficient (Wildman–Crippen LogP) is 3.40. The zero-order valence-electron chi connectivity index (χ0n) is 17.5. The number of aliphatic imine (C=N–C) groups is 1. The second-order valence-electron chi connectivity index (χ2n) is 6.71. The van der Waals surface area contributed by atoms with Crippen LogP contribution in [0.3, 0.4) is 0 Å². The molecule has 1 N–H and O–H groups in total. The van der Waals surface area contributed by atoms with E-state index in [0.29, 0.717) is 13.2 Å². The molecule has 0 saturated carbocycles. The zero-order chi connectivity index (χ0) is 19.3. The molecular weight excluding hydrogens is 469 g/mol. The van der Waals surface area contributed by atoms with Gasteiger partial charge in [0.05, 0.1) is 26.4 Å². The van der Waals surface area contributed by atoms with Crippen LogP contribution in [0.25, 0.3) is 0 Å². The number of hydrogen-bond donors (Lipinski definition) is 1. The molecule has 1 atom stereocenters. The molecule has 2 rings (SSSR count). The molecule has 1 saturated heterocycles. The van der Waals surface area contributed by atoms with Crippen molar-refractivity contribution in [3.05, 3.63) is 35.4 Å². The molecule has 0 spiro atoms. The maximum Gasteiger partial charge on any atom is 0.194 e. The molecule has 1 aromatic carbocycles. The second kappa shape index (κ2) is 15.0. The van der Waals surface area contributed by atoms with Gasteiger partial charge in [-0.3, -0.25) is 4.99 Å². The molecule has 160 valence electrons. The monoisotopic (exact) mass is 505 g/mol. The molecule has 7 heteroatoms. The van der Waals surface area contributed by atoms with Crippen LogP contribution < -0.4 is 5.32 Å². The number of rotatable bonds is 10. The molecular formula is C21H36IN3O3. The number of guanidine groups is 1. The highest BCUT2D eigenvalue weighted by molar-refractivity contribution is 14.0. The van der Waals surface area contributed by atoms with Crippen molar-refractivity contribution in [2.24, 2.45) is 4.99 Å². The molecule has 0 bridgehead atoms. The van der Waals surface area contributed by atoms with Crippen molar-refractivity contribution >= 4 is 29.9 Å². The van der Waals surface area contributed by atoms with E-state index in [1.807, 2.05) is 0 Å². The maximum absolute atomic E-state index is 6.04. The summed E-state index contributed by atoms with van der Waals surface area (Å²) in [5.74, 6) is 0.986. The largest absolute Gasteiger partial charge is 0.382 e. The van der Waals surface area contributed by atoms with Crippen LogP contribution in [0, 0.1) is 6.92 Å². The lowest BCUT2D eigenvalue weighted by Crippen LogP contribution is -2.48. The van der Waals surface area contributed by atoms with Gasteiger partial charge < -0.3 is 24.4 Å². The van der Waals surface area contributed by atoms with Gasteiger partial charge in [-0.2, -0.15) is 0 Å². The van der Waals surface area contributed by atoms with Crippen molar-refractivity contribution in [1.29, 1.82) is 0 Å². The molecule has 6 nitrogen and oxygen atoms in total. The minimum absolute atomic E-state index is 0. The van der Waals surface area contributed by atoms with Crippen molar-refractivity contribution in [2.45, 2.75) is 32.8 Å². The molecule has 28 heavy (non-hydrogen) atoms. The van der Waals surface area contributed by atoms with Crippen LogP contribution in [0.5, 0.6) is 0 Å². The van der Waals surface area contributed by atoms with E-state index < -0.39 is 0 Å². The Hall–Kier alpha value is -0.900. The number of morpholine rings is 1. The molecule has 1 fully saturated rings. The van der Waals surface area contributed by atoms with Crippen LogP contribution >= 0.6 is 24.0 Å². The van der Waals surface area contributed by atoms with Crippen LogP contribution in [-0.4, -0.2) is 70.6 Å².